The van der Waals surface area contributed by atoms with E-state index in [1.54, 1.807) is 20.8 Å². The number of benzene rings is 2. The standard InChI is InChI=1S/C21H32F2O2.C12H23Br.C9H10F2O2/c1-4-6-7-8-16-9-11-17(12-10-16)14-25-21-15(3)13-18(24-5-2)19(22)20(21)23;1-2-3-4-5-11-6-8-12(10-13)9-7-11;1-3-13-6-4-5(2)9(12)8(11)7(6)10/h13,16-17H,4-12,14H2,1-3H3;11-12H,2-10H2,1H3;4,12H,3H2,1-2H3. The normalized spacial score (nSPS) is 20.1. The number of phenolic OH excluding ortho intramolecular Hbond substituents is 1. The van der Waals surface area contributed by atoms with Gasteiger partial charge in [0.15, 0.2) is 23.0 Å². The third-order valence-corrected chi connectivity index (χ3v) is 11.2. The number of halogens is 5. The molecule has 0 aliphatic heterocycles. The van der Waals surface area contributed by atoms with Crippen molar-refractivity contribution in [3.05, 3.63) is 46.5 Å². The molecule has 2 saturated carbocycles. The predicted octanol–water partition coefficient (Wildman–Crippen LogP) is 13.6. The molecule has 0 aromatic heterocycles. The van der Waals surface area contributed by atoms with Gasteiger partial charge in [0.2, 0.25) is 23.3 Å². The molecule has 1 N–H and O–H groups in total. The van der Waals surface area contributed by atoms with Crippen molar-refractivity contribution in [3.63, 3.8) is 0 Å². The van der Waals surface area contributed by atoms with Crippen LogP contribution in [0.4, 0.5) is 17.6 Å². The molecule has 0 saturated heterocycles. The molecule has 0 bridgehead atoms. The lowest BCUT2D eigenvalue weighted by atomic mass is 9.80. The maximum absolute atomic E-state index is 14.3. The van der Waals surface area contributed by atoms with Crippen LogP contribution < -0.4 is 14.2 Å². The second kappa shape index (κ2) is 25.0. The van der Waals surface area contributed by atoms with Crippen LogP contribution in [0, 0.1) is 60.8 Å². The summed E-state index contributed by atoms with van der Waals surface area (Å²) in [5.74, 6) is -1.81. The summed E-state index contributed by atoms with van der Waals surface area (Å²) in [4.78, 5) is 0. The van der Waals surface area contributed by atoms with E-state index in [1.165, 1.54) is 114 Å². The van der Waals surface area contributed by atoms with E-state index < -0.39 is 29.0 Å². The van der Waals surface area contributed by atoms with Crippen LogP contribution in [-0.4, -0.2) is 30.3 Å². The van der Waals surface area contributed by atoms with Gasteiger partial charge in [0, 0.05) is 5.33 Å². The van der Waals surface area contributed by atoms with Gasteiger partial charge in [0.1, 0.15) is 0 Å². The van der Waals surface area contributed by atoms with Gasteiger partial charge < -0.3 is 19.3 Å². The Morgan fingerprint density at radius 2 is 1.02 bits per heavy atom. The highest BCUT2D eigenvalue weighted by Gasteiger charge is 2.24. The first-order valence-corrected chi connectivity index (χ1v) is 20.7. The molecule has 0 radical (unpaired) electrons. The van der Waals surface area contributed by atoms with Gasteiger partial charge in [-0.15, -0.1) is 0 Å². The highest BCUT2D eigenvalue weighted by Crippen LogP contribution is 2.36. The quantitative estimate of drug-likeness (QED) is 0.105. The number of hydrogen-bond donors (Lipinski definition) is 1. The summed E-state index contributed by atoms with van der Waals surface area (Å²) in [5, 5.41) is 10.2. The fourth-order valence-corrected chi connectivity index (χ4v) is 7.69. The highest BCUT2D eigenvalue weighted by molar-refractivity contribution is 9.09. The molecule has 51 heavy (non-hydrogen) atoms. The minimum atomic E-state index is -1.26. The van der Waals surface area contributed by atoms with Gasteiger partial charge in [-0.05, 0) is 100 Å². The van der Waals surface area contributed by atoms with Crippen LogP contribution in [-0.2, 0) is 0 Å². The fourth-order valence-electron chi connectivity index (χ4n) is 7.05. The molecule has 0 unspecified atom stereocenters. The van der Waals surface area contributed by atoms with E-state index >= 15 is 0 Å². The number of hydrogen-bond acceptors (Lipinski definition) is 4. The number of rotatable bonds is 16. The minimum absolute atomic E-state index is 0.0334. The molecule has 292 valence electrons. The maximum atomic E-state index is 14.3. The zero-order valence-electron chi connectivity index (χ0n) is 32.2. The van der Waals surface area contributed by atoms with E-state index in [4.69, 9.17) is 19.3 Å². The largest absolute Gasteiger partial charge is 0.505 e. The number of aryl methyl sites for hydroxylation is 2. The Labute approximate surface area is 314 Å². The molecule has 9 heteroatoms. The van der Waals surface area contributed by atoms with Crippen molar-refractivity contribution in [2.75, 3.05) is 25.2 Å². The predicted molar refractivity (Wildman–Crippen MR) is 205 cm³/mol. The molecule has 2 aliphatic carbocycles. The van der Waals surface area contributed by atoms with Gasteiger partial charge in [-0.3, -0.25) is 0 Å². The number of unbranched alkanes of at least 4 members (excludes halogenated alkanes) is 4. The molecule has 2 aromatic rings. The van der Waals surface area contributed by atoms with Gasteiger partial charge in [0.05, 0.1) is 19.8 Å². The zero-order valence-corrected chi connectivity index (χ0v) is 33.8. The molecule has 4 nitrogen and oxygen atoms in total. The molecule has 4 rings (SSSR count). The van der Waals surface area contributed by atoms with Crippen molar-refractivity contribution in [1.29, 1.82) is 0 Å². The molecule has 2 aliphatic rings. The third-order valence-electron chi connectivity index (χ3n) is 10.3. The van der Waals surface area contributed by atoms with Crippen LogP contribution in [0.15, 0.2) is 12.1 Å². The Balaban J connectivity index is 0.000000292. The van der Waals surface area contributed by atoms with E-state index in [0.717, 1.165) is 30.6 Å². The molecular formula is C42H65BrF4O4. The van der Waals surface area contributed by atoms with Gasteiger partial charge >= 0.3 is 0 Å². The molecule has 0 spiro atoms. The summed E-state index contributed by atoms with van der Waals surface area (Å²) in [5.41, 5.74) is 0.831. The van der Waals surface area contributed by atoms with E-state index in [2.05, 4.69) is 29.8 Å². The molecular weight excluding hydrogens is 724 g/mol. The Kier molecular flexibility index (Phi) is 22.0. The van der Waals surface area contributed by atoms with Crippen LogP contribution in [0.1, 0.15) is 142 Å². The van der Waals surface area contributed by atoms with Gasteiger partial charge in [-0.25, -0.2) is 0 Å². The smallest absolute Gasteiger partial charge is 0.204 e. The van der Waals surface area contributed by atoms with Gasteiger partial charge in [0.25, 0.3) is 0 Å². The fraction of sp³-hybridized carbons (Fsp3) is 0.714. The summed E-state index contributed by atoms with van der Waals surface area (Å²) in [6.07, 6.45) is 21.7. The topological polar surface area (TPSA) is 47.9 Å². The summed E-state index contributed by atoms with van der Waals surface area (Å²) < 4.78 is 69.7. The van der Waals surface area contributed by atoms with Crippen LogP contribution in [0.25, 0.3) is 0 Å². The van der Waals surface area contributed by atoms with E-state index in [1.807, 2.05) is 0 Å². The molecule has 2 fully saturated rings. The minimum Gasteiger partial charge on any atom is -0.505 e. The number of phenols is 1. The van der Waals surface area contributed by atoms with Crippen LogP contribution >= 0.6 is 15.9 Å². The van der Waals surface area contributed by atoms with Crippen LogP contribution in [0.3, 0.4) is 0 Å². The van der Waals surface area contributed by atoms with E-state index in [9.17, 15) is 17.6 Å². The van der Waals surface area contributed by atoms with Crippen LogP contribution in [0.2, 0.25) is 0 Å². The Bertz CT molecular complexity index is 1260. The number of aromatic hydroxyl groups is 1. The Morgan fingerprint density at radius 1 is 0.588 bits per heavy atom. The molecule has 0 amide bonds. The van der Waals surface area contributed by atoms with Crippen molar-refractivity contribution < 1.29 is 36.9 Å². The Hall–Kier alpha value is -2.16. The Morgan fingerprint density at radius 3 is 1.47 bits per heavy atom. The van der Waals surface area contributed by atoms with E-state index in [0.29, 0.717) is 24.7 Å². The lowest BCUT2D eigenvalue weighted by Gasteiger charge is -2.28. The first kappa shape index (κ1) is 45.0. The second-order valence-electron chi connectivity index (χ2n) is 14.4. The SMILES string of the molecule is CCCCCC1CCC(CBr)CC1.CCCCCC1CCC(COc2c(C)cc(OCC)c(F)c2F)CC1.CCOc1cc(C)c(O)c(F)c1F. The molecule has 0 atom stereocenters. The summed E-state index contributed by atoms with van der Waals surface area (Å²) in [7, 11) is 0. The lowest BCUT2D eigenvalue weighted by Crippen LogP contribution is -2.20. The van der Waals surface area contributed by atoms with E-state index in [-0.39, 0.29) is 29.4 Å². The number of ether oxygens (including phenoxy) is 3. The summed E-state index contributed by atoms with van der Waals surface area (Å²) >= 11 is 3.59. The molecule has 0 heterocycles. The van der Waals surface area contributed by atoms with Gasteiger partial charge in [-0.1, -0.05) is 107 Å². The van der Waals surface area contributed by atoms with Crippen molar-refractivity contribution >= 4 is 15.9 Å². The third kappa shape index (κ3) is 15.4. The van der Waals surface area contributed by atoms with Crippen molar-refractivity contribution in [3.8, 4) is 23.0 Å². The van der Waals surface area contributed by atoms with Gasteiger partial charge in [-0.2, -0.15) is 17.6 Å². The average molecular weight is 790 g/mol. The molecule has 2 aromatic carbocycles. The zero-order chi connectivity index (χ0) is 37.8. The van der Waals surface area contributed by atoms with Crippen LogP contribution in [0.5, 0.6) is 23.0 Å². The number of alkyl halides is 1. The average Bonchev–Trinajstić information content (AvgIpc) is 3.13. The lowest BCUT2D eigenvalue weighted by molar-refractivity contribution is 0.171. The first-order chi connectivity index (χ1) is 24.5. The second-order valence-corrected chi connectivity index (χ2v) is 15.1. The van der Waals surface area contributed by atoms with Crippen molar-refractivity contribution in [1.82, 2.24) is 0 Å². The first-order valence-electron chi connectivity index (χ1n) is 19.6. The monoisotopic (exact) mass is 788 g/mol. The summed E-state index contributed by atoms with van der Waals surface area (Å²) in [6.45, 7) is 12.2. The van der Waals surface area contributed by atoms with Crippen molar-refractivity contribution in [2.45, 2.75) is 144 Å². The van der Waals surface area contributed by atoms with Crippen molar-refractivity contribution in [2.24, 2.45) is 23.7 Å². The summed E-state index contributed by atoms with van der Waals surface area (Å²) in [6, 6.07) is 2.78. The highest BCUT2D eigenvalue weighted by atomic mass is 79.9. The maximum Gasteiger partial charge on any atom is 0.204 e.